The zero-order valence-corrected chi connectivity index (χ0v) is 17.9. The molecule has 0 fully saturated rings. The molecule has 2 aromatic carbocycles. The van der Waals surface area contributed by atoms with Crippen molar-refractivity contribution in [2.45, 2.75) is 13.3 Å². The Bertz CT molecular complexity index is 929. The van der Waals surface area contributed by atoms with Gasteiger partial charge in [0, 0.05) is 16.7 Å². The molecule has 0 aromatic heterocycles. The molecule has 152 valence electrons. The van der Waals surface area contributed by atoms with E-state index in [2.05, 4.69) is 21.2 Å². The first-order valence-electron chi connectivity index (χ1n) is 8.98. The number of hydrogen-bond acceptors (Lipinski definition) is 4. The van der Waals surface area contributed by atoms with Gasteiger partial charge in [-0.05, 0) is 49.9 Å². The molecule has 0 saturated carbocycles. The predicted molar refractivity (Wildman–Crippen MR) is 114 cm³/mol. The fourth-order valence-corrected chi connectivity index (χ4v) is 3.26. The summed E-state index contributed by atoms with van der Waals surface area (Å²) in [6.45, 7) is 1.86. The molecule has 8 heteroatoms. The monoisotopic (exact) mass is 460 g/mol. The topological polar surface area (TPSA) is 76.4 Å². The van der Waals surface area contributed by atoms with E-state index in [1.165, 1.54) is 23.1 Å². The first-order valence-corrected chi connectivity index (χ1v) is 9.77. The van der Waals surface area contributed by atoms with Gasteiger partial charge >= 0.3 is 0 Å². The maximum atomic E-state index is 14.1. The van der Waals surface area contributed by atoms with Crippen molar-refractivity contribution in [3.8, 4) is 6.07 Å². The Morgan fingerprint density at radius 3 is 2.59 bits per heavy atom. The van der Waals surface area contributed by atoms with Crippen molar-refractivity contribution in [3.63, 3.8) is 0 Å². The molecule has 2 amide bonds. The Kier molecular flexibility index (Phi) is 8.31. The smallest absolute Gasteiger partial charge is 0.241 e. The highest BCUT2D eigenvalue weighted by Crippen LogP contribution is 2.21. The van der Waals surface area contributed by atoms with E-state index in [-0.39, 0.29) is 43.6 Å². The van der Waals surface area contributed by atoms with Gasteiger partial charge in [0.05, 0.1) is 31.3 Å². The summed E-state index contributed by atoms with van der Waals surface area (Å²) in [5, 5.41) is 11.7. The van der Waals surface area contributed by atoms with E-state index in [1.807, 2.05) is 25.1 Å². The number of aryl methyl sites for hydroxylation is 1. The van der Waals surface area contributed by atoms with Crippen molar-refractivity contribution < 1.29 is 14.0 Å². The molecule has 0 aliphatic rings. The minimum atomic E-state index is -0.537. The fourth-order valence-electron chi connectivity index (χ4n) is 2.79. The third-order valence-corrected chi connectivity index (χ3v) is 4.67. The second-order valence-corrected chi connectivity index (χ2v) is 7.50. The van der Waals surface area contributed by atoms with E-state index in [0.717, 1.165) is 10.0 Å². The Morgan fingerprint density at radius 2 is 1.93 bits per heavy atom. The number of benzene rings is 2. The molecule has 0 spiro atoms. The van der Waals surface area contributed by atoms with E-state index in [1.54, 1.807) is 24.1 Å². The first-order chi connectivity index (χ1) is 13.8. The van der Waals surface area contributed by atoms with E-state index >= 15 is 0 Å². The lowest BCUT2D eigenvalue weighted by Gasteiger charge is -2.25. The van der Waals surface area contributed by atoms with E-state index in [0.29, 0.717) is 5.69 Å². The minimum Gasteiger partial charge on any atom is -0.325 e. The molecule has 2 aromatic rings. The summed E-state index contributed by atoms with van der Waals surface area (Å²) in [5.41, 5.74) is 1.73. The highest BCUT2D eigenvalue weighted by molar-refractivity contribution is 9.10. The van der Waals surface area contributed by atoms with Gasteiger partial charge in [-0.25, -0.2) is 4.39 Å². The number of nitriles is 1. The van der Waals surface area contributed by atoms with Crippen LogP contribution in [0, 0.1) is 24.1 Å². The Labute approximate surface area is 178 Å². The number of para-hydroxylation sites is 1. The lowest BCUT2D eigenvalue weighted by molar-refractivity contribution is -0.121. The average Bonchev–Trinajstić information content (AvgIpc) is 2.65. The molecule has 6 nitrogen and oxygen atoms in total. The quantitative estimate of drug-likeness (QED) is 0.651. The average molecular weight is 461 g/mol. The number of nitrogens with one attached hydrogen (secondary N) is 1. The standard InChI is InChI=1S/C21H22BrFN4O2/c1-15-12-16(22)8-9-18(15)25-20(28)13-26(2)14-21(29)27(11-5-10-24)19-7-4-3-6-17(19)23/h3-4,6-9,12H,5,11,13-14H2,1-2H3,(H,25,28). The molecule has 0 atom stereocenters. The predicted octanol–water partition coefficient (Wildman–Crippen LogP) is 3.71. The van der Waals surface area contributed by atoms with Gasteiger partial charge in [0.15, 0.2) is 0 Å². The number of nitrogens with zero attached hydrogens (tertiary/aromatic N) is 3. The van der Waals surface area contributed by atoms with Gasteiger partial charge in [0.2, 0.25) is 11.8 Å². The van der Waals surface area contributed by atoms with Gasteiger partial charge in [0.1, 0.15) is 5.82 Å². The molecule has 0 saturated heterocycles. The number of anilines is 2. The lowest BCUT2D eigenvalue weighted by Crippen LogP contribution is -2.42. The number of amides is 2. The number of rotatable bonds is 8. The second kappa shape index (κ2) is 10.7. The van der Waals surface area contributed by atoms with Gasteiger partial charge in [0.25, 0.3) is 0 Å². The van der Waals surface area contributed by atoms with E-state index in [4.69, 9.17) is 5.26 Å². The Balaban J connectivity index is 2.00. The molecule has 0 radical (unpaired) electrons. The molecule has 0 unspecified atom stereocenters. The summed E-state index contributed by atoms with van der Waals surface area (Å²) in [4.78, 5) is 27.8. The number of carbonyl (C=O) groups is 2. The maximum Gasteiger partial charge on any atom is 0.241 e. The van der Waals surface area contributed by atoms with Crippen LogP contribution in [0.1, 0.15) is 12.0 Å². The lowest BCUT2D eigenvalue weighted by atomic mass is 10.2. The van der Waals surface area contributed by atoms with Crippen LogP contribution in [0.15, 0.2) is 46.9 Å². The van der Waals surface area contributed by atoms with Crippen molar-refractivity contribution in [3.05, 3.63) is 58.3 Å². The summed E-state index contributed by atoms with van der Waals surface area (Å²) in [6, 6.07) is 13.4. The van der Waals surface area contributed by atoms with Gasteiger partial charge in [-0.2, -0.15) is 5.26 Å². The Morgan fingerprint density at radius 1 is 1.21 bits per heavy atom. The third kappa shape index (κ3) is 6.66. The Hall–Kier alpha value is -2.76. The van der Waals surface area contributed by atoms with E-state index in [9.17, 15) is 14.0 Å². The van der Waals surface area contributed by atoms with Gasteiger partial charge in [-0.1, -0.05) is 28.1 Å². The number of halogens is 2. The molecule has 29 heavy (non-hydrogen) atoms. The molecule has 2 rings (SSSR count). The van der Waals surface area contributed by atoms with Gasteiger partial charge in [-0.15, -0.1) is 0 Å². The second-order valence-electron chi connectivity index (χ2n) is 6.58. The van der Waals surface area contributed by atoms with Crippen LogP contribution in [0.25, 0.3) is 0 Å². The summed E-state index contributed by atoms with van der Waals surface area (Å²) >= 11 is 3.38. The fraction of sp³-hybridized carbons (Fsp3) is 0.286. The van der Waals surface area contributed by atoms with Crippen LogP contribution in [-0.2, 0) is 9.59 Å². The highest BCUT2D eigenvalue weighted by atomic mass is 79.9. The summed E-state index contributed by atoms with van der Waals surface area (Å²) < 4.78 is 15.0. The van der Waals surface area contributed by atoms with Crippen LogP contribution in [0.3, 0.4) is 0 Å². The molecule has 0 bridgehead atoms. The maximum absolute atomic E-state index is 14.1. The molecule has 0 aliphatic heterocycles. The normalized spacial score (nSPS) is 10.5. The zero-order valence-electron chi connectivity index (χ0n) is 16.3. The van der Waals surface area contributed by atoms with Crippen LogP contribution >= 0.6 is 15.9 Å². The zero-order chi connectivity index (χ0) is 21.4. The SMILES string of the molecule is Cc1cc(Br)ccc1NC(=O)CN(C)CC(=O)N(CCC#N)c1ccccc1F. The van der Waals surface area contributed by atoms with E-state index < -0.39 is 5.82 Å². The molecule has 1 N–H and O–H groups in total. The molecular formula is C21H22BrFN4O2. The van der Waals surface area contributed by atoms with Gasteiger partial charge in [-0.3, -0.25) is 14.5 Å². The number of likely N-dealkylation sites (N-methyl/N-ethyl adjacent to an activating group) is 1. The van der Waals surface area contributed by atoms with Crippen molar-refractivity contribution in [2.75, 3.05) is 36.9 Å². The van der Waals surface area contributed by atoms with Crippen LogP contribution < -0.4 is 10.2 Å². The van der Waals surface area contributed by atoms with Crippen molar-refractivity contribution >= 4 is 39.1 Å². The van der Waals surface area contributed by atoms with Crippen LogP contribution in [-0.4, -0.2) is 43.4 Å². The van der Waals surface area contributed by atoms with Crippen LogP contribution in [0.2, 0.25) is 0 Å². The first kappa shape index (κ1) is 22.5. The minimum absolute atomic E-state index is 0.00932. The third-order valence-electron chi connectivity index (χ3n) is 4.17. The van der Waals surface area contributed by atoms with Crippen molar-refractivity contribution in [1.29, 1.82) is 5.26 Å². The van der Waals surface area contributed by atoms with Crippen LogP contribution in [0.5, 0.6) is 0 Å². The molecule has 0 heterocycles. The van der Waals surface area contributed by atoms with Gasteiger partial charge < -0.3 is 10.2 Å². The summed E-state index contributed by atoms with van der Waals surface area (Å²) in [5.74, 6) is -1.19. The summed E-state index contributed by atoms with van der Waals surface area (Å²) in [6.07, 6.45) is 0.0765. The van der Waals surface area contributed by atoms with Crippen molar-refractivity contribution in [1.82, 2.24) is 4.90 Å². The summed E-state index contributed by atoms with van der Waals surface area (Å²) in [7, 11) is 1.63. The number of hydrogen-bond donors (Lipinski definition) is 1. The van der Waals surface area contributed by atoms with Crippen molar-refractivity contribution in [2.24, 2.45) is 0 Å². The number of carbonyl (C=O) groups excluding carboxylic acids is 2. The molecule has 0 aliphatic carbocycles. The largest absolute Gasteiger partial charge is 0.325 e. The molecular weight excluding hydrogens is 439 g/mol. The highest BCUT2D eigenvalue weighted by Gasteiger charge is 2.21. The van der Waals surface area contributed by atoms with Crippen LogP contribution in [0.4, 0.5) is 15.8 Å².